The van der Waals surface area contributed by atoms with Crippen LogP contribution in [-0.4, -0.2) is 36.0 Å². The molecular weight excluding hydrogens is 230 g/mol. The number of alkyl halides is 4. The molecule has 1 saturated carbocycles. The van der Waals surface area contributed by atoms with Crippen LogP contribution in [0.25, 0.3) is 0 Å². The molecule has 0 bridgehead atoms. The predicted molar refractivity (Wildman–Crippen MR) is 47.7 cm³/mol. The molecule has 1 aliphatic carbocycles. The standard InChI is InChI=1S/C7H12FN.C2HF3O2/c8-6-5-3-1-2-4-9-7(5)6;3-2(4,5)1(6)7/h5-7,9H,1-4H2;(H,6,7). The molecule has 0 aromatic rings. The molecule has 0 spiro atoms. The molecule has 3 unspecified atom stereocenters. The van der Waals surface area contributed by atoms with Crippen molar-refractivity contribution in [2.75, 3.05) is 6.54 Å². The highest BCUT2D eigenvalue weighted by molar-refractivity contribution is 5.73. The lowest BCUT2D eigenvalue weighted by Gasteiger charge is -1.96. The number of hydrogen-bond donors (Lipinski definition) is 2. The fraction of sp³-hybridized carbons (Fsp3) is 0.889. The van der Waals surface area contributed by atoms with E-state index < -0.39 is 18.3 Å². The Balaban J connectivity index is 0.000000168. The summed E-state index contributed by atoms with van der Waals surface area (Å²) in [5, 5.41) is 10.3. The van der Waals surface area contributed by atoms with Crippen molar-refractivity contribution in [1.82, 2.24) is 5.32 Å². The Hall–Kier alpha value is -0.850. The van der Waals surface area contributed by atoms with Crippen molar-refractivity contribution in [3.05, 3.63) is 0 Å². The lowest BCUT2D eigenvalue weighted by Crippen LogP contribution is -2.21. The van der Waals surface area contributed by atoms with Gasteiger partial charge in [-0.3, -0.25) is 0 Å². The number of carboxylic acid groups (broad SMARTS) is 1. The normalized spacial score (nSPS) is 32.9. The van der Waals surface area contributed by atoms with Crippen molar-refractivity contribution >= 4 is 5.97 Å². The van der Waals surface area contributed by atoms with Gasteiger partial charge in [-0.15, -0.1) is 0 Å². The second kappa shape index (κ2) is 4.99. The highest BCUT2D eigenvalue weighted by Crippen LogP contribution is 2.40. The van der Waals surface area contributed by atoms with Crippen molar-refractivity contribution < 1.29 is 27.5 Å². The van der Waals surface area contributed by atoms with Crippen LogP contribution in [0.4, 0.5) is 17.6 Å². The Morgan fingerprint density at radius 3 is 2.38 bits per heavy atom. The minimum absolute atomic E-state index is 0.243. The first-order chi connectivity index (χ1) is 7.34. The summed E-state index contributed by atoms with van der Waals surface area (Å²) < 4.78 is 44.3. The summed E-state index contributed by atoms with van der Waals surface area (Å²) in [4.78, 5) is 8.90. The van der Waals surface area contributed by atoms with E-state index in [2.05, 4.69) is 5.32 Å². The van der Waals surface area contributed by atoms with Crippen LogP contribution in [0.1, 0.15) is 19.3 Å². The molecule has 1 heterocycles. The molecule has 0 amide bonds. The Kier molecular flexibility index (Phi) is 4.12. The highest BCUT2D eigenvalue weighted by atomic mass is 19.4. The third kappa shape index (κ3) is 3.62. The largest absolute Gasteiger partial charge is 0.490 e. The third-order valence-electron chi connectivity index (χ3n) is 2.66. The zero-order chi connectivity index (χ0) is 12.3. The molecule has 0 aromatic carbocycles. The topological polar surface area (TPSA) is 49.3 Å². The molecule has 2 aliphatic rings. The summed E-state index contributed by atoms with van der Waals surface area (Å²) >= 11 is 0. The fourth-order valence-corrected chi connectivity index (χ4v) is 1.71. The first-order valence-electron chi connectivity index (χ1n) is 5.01. The number of carbonyl (C=O) groups is 1. The number of aliphatic carboxylic acids is 1. The van der Waals surface area contributed by atoms with E-state index in [0.29, 0.717) is 5.92 Å². The zero-order valence-electron chi connectivity index (χ0n) is 8.43. The number of rotatable bonds is 0. The SMILES string of the molecule is FC1C2CCCCNC12.O=C(O)C(F)(F)F. The van der Waals surface area contributed by atoms with Crippen LogP contribution in [0.2, 0.25) is 0 Å². The van der Waals surface area contributed by atoms with E-state index in [0.717, 1.165) is 13.0 Å². The van der Waals surface area contributed by atoms with E-state index in [-0.39, 0.29) is 6.04 Å². The summed E-state index contributed by atoms with van der Waals surface area (Å²) in [6.07, 6.45) is -2.03. The molecule has 0 aromatic heterocycles. The van der Waals surface area contributed by atoms with Gasteiger partial charge in [-0.2, -0.15) is 13.2 Å². The van der Waals surface area contributed by atoms with E-state index in [4.69, 9.17) is 9.90 Å². The second-order valence-electron chi connectivity index (χ2n) is 3.89. The van der Waals surface area contributed by atoms with E-state index in [1.54, 1.807) is 0 Å². The first kappa shape index (κ1) is 13.2. The van der Waals surface area contributed by atoms with Gasteiger partial charge in [-0.25, -0.2) is 9.18 Å². The molecule has 2 N–H and O–H groups in total. The Labute approximate surface area is 89.8 Å². The van der Waals surface area contributed by atoms with Crippen molar-refractivity contribution in [1.29, 1.82) is 0 Å². The number of halogens is 4. The highest BCUT2D eigenvalue weighted by Gasteiger charge is 2.50. The van der Waals surface area contributed by atoms with E-state index in [1.807, 2.05) is 0 Å². The molecule has 94 valence electrons. The minimum atomic E-state index is -5.08. The fourth-order valence-electron chi connectivity index (χ4n) is 1.71. The van der Waals surface area contributed by atoms with E-state index in [1.165, 1.54) is 12.8 Å². The molecule has 2 fully saturated rings. The molecule has 0 radical (unpaired) electrons. The Morgan fingerprint density at radius 1 is 1.31 bits per heavy atom. The molecule has 1 saturated heterocycles. The number of carboxylic acids is 1. The summed E-state index contributed by atoms with van der Waals surface area (Å²) in [5.41, 5.74) is 0. The minimum Gasteiger partial charge on any atom is -0.475 e. The molecular formula is C9H13F4NO2. The van der Waals surface area contributed by atoms with Gasteiger partial charge in [0.2, 0.25) is 0 Å². The van der Waals surface area contributed by atoms with Gasteiger partial charge < -0.3 is 10.4 Å². The van der Waals surface area contributed by atoms with Crippen molar-refractivity contribution in [2.45, 2.75) is 37.7 Å². The molecule has 3 atom stereocenters. The van der Waals surface area contributed by atoms with Gasteiger partial charge in [0.25, 0.3) is 0 Å². The number of fused-ring (bicyclic) bond motifs is 1. The van der Waals surface area contributed by atoms with Gasteiger partial charge in [-0.1, -0.05) is 6.42 Å². The lowest BCUT2D eigenvalue weighted by molar-refractivity contribution is -0.192. The number of nitrogens with one attached hydrogen (secondary N) is 1. The van der Waals surface area contributed by atoms with E-state index in [9.17, 15) is 17.6 Å². The molecule has 1 aliphatic heterocycles. The van der Waals surface area contributed by atoms with Crippen LogP contribution in [-0.2, 0) is 4.79 Å². The summed E-state index contributed by atoms with van der Waals surface area (Å²) in [5.74, 6) is -2.37. The van der Waals surface area contributed by atoms with Crippen LogP contribution in [0.3, 0.4) is 0 Å². The van der Waals surface area contributed by atoms with Gasteiger partial charge in [-0.05, 0) is 19.4 Å². The molecule has 3 nitrogen and oxygen atoms in total. The van der Waals surface area contributed by atoms with Gasteiger partial charge >= 0.3 is 12.1 Å². The van der Waals surface area contributed by atoms with Crippen LogP contribution in [0.15, 0.2) is 0 Å². The maximum Gasteiger partial charge on any atom is 0.490 e. The van der Waals surface area contributed by atoms with Crippen LogP contribution in [0, 0.1) is 5.92 Å². The molecule has 16 heavy (non-hydrogen) atoms. The smallest absolute Gasteiger partial charge is 0.475 e. The molecule has 2 rings (SSSR count). The van der Waals surface area contributed by atoms with Crippen LogP contribution in [0.5, 0.6) is 0 Å². The Bertz CT molecular complexity index is 244. The maximum atomic E-state index is 12.6. The monoisotopic (exact) mass is 243 g/mol. The lowest BCUT2D eigenvalue weighted by atomic mass is 10.2. The van der Waals surface area contributed by atoms with Crippen molar-refractivity contribution in [3.63, 3.8) is 0 Å². The molecule has 7 heteroatoms. The van der Waals surface area contributed by atoms with Gasteiger partial charge in [0.1, 0.15) is 6.17 Å². The quantitative estimate of drug-likeness (QED) is 0.637. The maximum absolute atomic E-state index is 12.6. The van der Waals surface area contributed by atoms with Crippen molar-refractivity contribution in [2.24, 2.45) is 5.92 Å². The average molecular weight is 243 g/mol. The summed E-state index contributed by atoms with van der Waals surface area (Å²) in [6, 6.07) is 0.243. The summed E-state index contributed by atoms with van der Waals surface area (Å²) in [6.45, 7) is 1.03. The second-order valence-corrected chi connectivity index (χ2v) is 3.89. The van der Waals surface area contributed by atoms with Gasteiger partial charge in [0.05, 0.1) is 0 Å². The van der Waals surface area contributed by atoms with Gasteiger partial charge in [0.15, 0.2) is 0 Å². The number of hydrogen-bond acceptors (Lipinski definition) is 2. The van der Waals surface area contributed by atoms with Crippen molar-refractivity contribution in [3.8, 4) is 0 Å². The van der Waals surface area contributed by atoms with E-state index >= 15 is 0 Å². The average Bonchev–Trinajstić information content (AvgIpc) is 2.82. The van der Waals surface area contributed by atoms with Crippen LogP contribution >= 0.6 is 0 Å². The zero-order valence-corrected chi connectivity index (χ0v) is 8.43. The first-order valence-corrected chi connectivity index (χ1v) is 5.01. The Morgan fingerprint density at radius 2 is 1.88 bits per heavy atom. The predicted octanol–water partition coefficient (Wildman–Crippen LogP) is 1.73. The van der Waals surface area contributed by atoms with Crippen LogP contribution < -0.4 is 5.32 Å². The third-order valence-corrected chi connectivity index (χ3v) is 2.66. The van der Waals surface area contributed by atoms with Gasteiger partial charge in [0, 0.05) is 12.0 Å². The summed E-state index contributed by atoms with van der Waals surface area (Å²) in [7, 11) is 0.